The Labute approximate surface area is 336 Å². The van der Waals surface area contributed by atoms with Crippen molar-refractivity contribution in [3.05, 3.63) is 0 Å². The standard InChI is InChI=1S/C48H92O6/c1-6-7-8-26-35-40-48(51)54-45(42-53-47(50)39-34-30-25-21-17-13-15-19-23-28-32-37-44(4)5)41-52-46(49)38-33-29-24-20-16-12-10-9-11-14-18-22-27-31-36-43(2)3/h43-45H,6-42H2,1-5H3/t45-/m1/s1. The van der Waals surface area contributed by atoms with Crippen molar-refractivity contribution in [2.75, 3.05) is 13.2 Å². The highest BCUT2D eigenvalue weighted by Crippen LogP contribution is 2.17. The van der Waals surface area contributed by atoms with Crippen LogP contribution in [0.3, 0.4) is 0 Å². The van der Waals surface area contributed by atoms with Gasteiger partial charge in [0.05, 0.1) is 0 Å². The van der Waals surface area contributed by atoms with Crippen molar-refractivity contribution in [2.45, 2.75) is 265 Å². The molecule has 0 bridgehead atoms. The van der Waals surface area contributed by atoms with Crippen LogP contribution in [0.15, 0.2) is 0 Å². The Hall–Kier alpha value is -1.59. The van der Waals surface area contributed by atoms with Gasteiger partial charge in [0.25, 0.3) is 0 Å². The van der Waals surface area contributed by atoms with Gasteiger partial charge < -0.3 is 14.2 Å². The Bertz CT molecular complexity index is 824. The van der Waals surface area contributed by atoms with Gasteiger partial charge in [-0.1, -0.05) is 221 Å². The van der Waals surface area contributed by atoms with Crippen molar-refractivity contribution in [3.63, 3.8) is 0 Å². The van der Waals surface area contributed by atoms with Crippen LogP contribution in [0.1, 0.15) is 259 Å². The van der Waals surface area contributed by atoms with Crippen LogP contribution < -0.4 is 0 Å². The second-order valence-electron chi connectivity index (χ2n) is 17.3. The van der Waals surface area contributed by atoms with Crippen LogP contribution in [0.5, 0.6) is 0 Å². The van der Waals surface area contributed by atoms with E-state index in [1.54, 1.807) is 0 Å². The zero-order valence-electron chi connectivity index (χ0n) is 36.8. The molecule has 1 atom stereocenters. The number of ether oxygens (including phenoxy) is 3. The molecule has 0 aromatic carbocycles. The quantitative estimate of drug-likeness (QED) is 0.0350. The summed E-state index contributed by atoms with van der Waals surface area (Å²) in [5, 5.41) is 0. The number of hydrogen-bond acceptors (Lipinski definition) is 6. The predicted molar refractivity (Wildman–Crippen MR) is 229 cm³/mol. The molecule has 0 fully saturated rings. The van der Waals surface area contributed by atoms with E-state index in [0.717, 1.165) is 76.0 Å². The smallest absolute Gasteiger partial charge is 0.306 e. The predicted octanol–water partition coefficient (Wildman–Crippen LogP) is 15.0. The van der Waals surface area contributed by atoms with Crippen LogP contribution in [0, 0.1) is 11.8 Å². The van der Waals surface area contributed by atoms with E-state index in [4.69, 9.17) is 14.2 Å². The highest BCUT2D eigenvalue weighted by molar-refractivity contribution is 5.71. The van der Waals surface area contributed by atoms with Crippen molar-refractivity contribution in [3.8, 4) is 0 Å². The van der Waals surface area contributed by atoms with E-state index in [-0.39, 0.29) is 31.1 Å². The van der Waals surface area contributed by atoms with Gasteiger partial charge in [0.2, 0.25) is 0 Å². The summed E-state index contributed by atoms with van der Waals surface area (Å²) in [5.41, 5.74) is 0. The first-order valence-electron chi connectivity index (χ1n) is 23.7. The number of esters is 3. The average Bonchev–Trinajstić information content (AvgIpc) is 3.14. The Morgan fingerprint density at radius 2 is 0.611 bits per heavy atom. The molecule has 0 radical (unpaired) electrons. The minimum absolute atomic E-state index is 0.0657. The second-order valence-corrected chi connectivity index (χ2v) is 17.3. The summed E-state index contributed by atoms with van der Waals surface area (Å²) < 4.78 is 16.6. The number of rotatable bonds is 42. The monoisotopic (exact) mass is 765 g/mol. The largest absolute Gasteiger partial charge is 0.462 e. The SMILES string of the molecule is CCCCCCCC(=O)O[C@H](COC(=O)CCCCCCCCCCCCCCCCC(C)C)COC(=O)CCCCCCCCCCCCCC(C)C. The van der Waals surface area contributed by atoms with Crippen molar-refractivity contribution in [2.24, 2.45) is 11.8 Å². The maximum absolute atomic E-state index is 12.5. The zero-order chi connectivity index (χ0) is 39.7. The normalized spacial score (nSPS) is 12.1. The van der Waals surface area contributed by atoms with Crippen molar-refractivity contribution >= 4 is 17.9 Å². The fourth-order valence-corrected chi connectivity index (χ4v) is 7.11. The van der Waals surface area contributed by atoms with Gasteiger partial charge in [-0.05, 0) is 31.1 Å². The fraction of sp³-hybridized carbons (Fsp3) is 0.938. The van der Waals surface area contributed by atoms with Gasteiger partial charge >= 0.3 is 17.9 Å². The molecule has 0 aliphatic carbocycles. The topological polar surface area (TPSA) is 78.9 Å². The van der Waals surface area contributed by atoms with Crippen molar-refractivity contribution in [1.82, 2.24) is 0 Å². The summed E-state index contributed by atoms with van der Waals surface area (Å²) in [6.45, 7) is 11.3. The first-order valence-corrected chi connectivity index (χ1v) is 23.7. The maximum Gasteiger partial charge on any atom is 0.306 e. The first-order chi connectivity index (χ1) is 26.2. The maximum atomic E-state index is 12.5. The highest BCUT2D eigenvalue weighted by atomic mass is 16.6. The minimum Gasteiger partial charge on any atom is -0.462 e. The minimum atomic E-state index is -0.758. The molecule has 0 unspecified atom stereocenters. The van der Waals surface area contributed by atoms with Gasteiger partial charge in [0.1, 0.15) is 13.2 Å². The van der Waals surface area contributed by atoms with Crippen LogP contribution in [0.25, 0.3) is 0 Å². The summed E-state index contributed by atoms with van der Waals surface area (Å²) >= 11 is 0. The second kappa shape index (κ2) is 41.1. The van der Waals surface area contributed by atoms with E-state index in [0.29, 0.717) is 19.3 Å². The molecule has 0 amide bonds. The van der Waals surface area contributed by atoms with Gasteiger partial charge in [-0.15, -0.1) is 0 Å². The summed E-state index contributed by atoms with van der Waals surface area (Å²) in [6.07, 6.45) is 39.8. The summed E-state index contributed by atoms with van der Waals surface area (Å²) in [4.78, 5) is 37.5. The Morgan fingerprint density at radius 3 is 0.907 bits per heavy atom. The molecule has 0 saturated heterocycles. The van der Waals surface area contributed by atoms with E-state index in [9.17, 15) is 14.4 Å². The Morgan fingerprint density at radius 1 is 0.352 bits per heavy atom. The molecule has 320 valence electrons. The third-order valence-electron chi connectivity index (χ3n) is 10.7. The molecular weight excluding hydrogens is 673 g/mol. The summed E-state index contributed by atoms with van der Waals surface area (Å²) in [7, 11) is 0. The third kappa shape index (κ3) is 41.6. The third-order valence-corrected chi connectivity index (χ3v) is 10.7. The van der Waals surface area contributed by atoms with E-state index < -0.39 is 6.10 Å². The number of carbonyl (C=O) groups is 3. The van der Waals surface area contributed by atoms with Gasteiger partial charge in [0.15, 0.2) is 6.10 Å². The van der Waals surface area contributed by atoms with Crippen LogP contribution in [0.4, 0.5) is 0 Å². The van der Waals surface area contributed by atoms with Gasteiger partial charge in [0, 0.05) is 19.3 Å². The lowest BCUT2D eigenvalue weighted by molar-refractivity contribution is -0.167. The number of hydrogen-bond donors (Lipinski definition) is 0. The lowest BCUT2D eigenvalue weighted by Gasteiger charge is -2.18. The molecule has 0 spiro atoms. The van der Waals surface area contributed by atoms with Crippen LogP contribution in [0.2, 0.25) is 0 Å². The molecule has 0 N–H and O–H groups in total. The molecule has 0 rings (SSSR count). The molecule has 0 aliphatic heterocycles. The summed E-state index contributed by atoms with van der Waals surface area (Å²) in [5.74, 6) is 0.803. The molecule has 0 heterocycles. The zero-order valence-corrected chi connectivity index (χ0v) is 36.8. The Kier molecular flexibility index (Phi) is 39.8. The molecule has 6 heteroatoms. The van der Waals surface area contributed by atoms with Crippen molar-refractivity contribution < 1.29 is 28.6 Å². The van der Waals surface area contributed by atoms with Gasteiger partial charge in [-0.3, -0.25) is 14.4 Å². The van der Waals surface area contributed by atoms with Gasteiger partial charge in [-0.2, -0.15) is 0 Å². The highest BCUT2D eigenvalue weighted by Gasteiger charge is 2.19. The molecule has 0 aromatic heterocycles. The summed E-state index contributed by atoms with van der Waals surface area (Å²) in [6, 6.07) is 0. The molecule has 0 aromatic rings. The fourth-order valence-electron chi connectivity index (χ4n) is 7.11. The van der Waals surface area contributed by atoms with Crippen LogP contribution in [-0.4, -0.2) is 37.2 Å². The molecular formula is C48H92O6. The molecule has 6 nitrogen and oxygen atoms in total. The number of unbranched alkanes of at least 4 members (excludes halogenated alkanes) is 27. The Balaban J connectivity index is 4.10. The van der Waals surface area contributed by atoms with E-state index >= 15 is 0 Å². The van der Waals surface area contributed by atoms with E-state index in [2.05, 4.69) is 34.6 Å². The van der Waals surface area contributed by atoms with Gasteiger partial charge in [-0.25, -0.2) is 0 Å². The number of carbonyl (C=O) groups excluding carboxylic acids is 3. The van der Waals surface area contributed by atoms with Crippen LogP contribution >= 0.6 is 0 Å². The lowest BCUT2D eigenvalue weighted by atomic mass is 10.0. The molecule has 54 heavy (non-hydrogen) atoms. The molecule has 0 saturated carbocycles. The van der Waals surface area contributed by atoms with Crippen molar-refractivity contribution in [1.29, 1.82) is 0 Å². The first kappa shape index (κ1) is 52.4. The average molecular weight is 765 g/mol. The molecule has 0 aliphatic rings. The van der Waals surface area contributed by atoms with Crippen LogP contribution in [-0.2, 0) is 28.6 Å². The van der Waals surface area contributed by atoms with E-state index in [1.165, 1.54) is 141 Å². The lowest BCUT2D eigenvalue weighted by Crippen LogP contribution is -2.30. The van der Waals surface area contributed by atoms with E-state index in [1.807, 2.05) is 0 Å².